The number of aliphatic imine (C=N–C) groups is 2. The Morgan fingerprint density at radius 3 is 2.85 bits per heavy atom. The van der Waals surface area contributed by atoms with Crippen molar-refractivity contribution in [1.29, 1.82) is 0 Å². The van der Waals surface area contributed by atoms with Crippen LogP contribution in [-0.4, -0.2) is 66.1 Å². The van der Waals surface area contributed by atoms with E-state index in [1.807, 2.05) is 18.5 Å². The third kappa shape index (κ3) is 3.64. The quantitative estimate of drug-likeness (QED) is 0.709. The summed E-state index contributed by atoms with van der Waals surface area (Å²) in [7, 11) is 0. The molecule has 0 N–H and O–H groups in total. The van der Waals surface area contributed by atoms with E-state index in [4.69, 9.17) is 4.99 Å². The summed E-state index contributed by atoms with van der Waals surface area (Å²) in [6.07, 6.45) is 9.62. The van der Waals surface area contributed by atoms with Gasteiger partial charge in [-0.3, -0.25) is 24.8 Å². The molecule has 0 bridgehead atoms. The van der Waals surface area contributed by atoms with Gasteiger partial charge in [0.2, 0.25) is 0 Å². The molecule has 138 valence electrons. The molecule has 26 heavy (non-hydrogen) atoms. The molecule has 2 aliphatic heterocycles. The molecule has 0 amide bonds. The van der Waals surface area contributed by atoms with Crippen molar-refractivity contribution in [2.24, 2.45) is 9.98 Å². The van der Waals surface area contributed by atoms with Gasteiger partial charge >= 0.3 is 0 Å². The minimum atomic E-state index is 0.885. The molecule has 0 aromatic carbocycles. The van der Waals surface area contributed by atoms with E-state index in [-0.39, 0.29) is 0 Å². The van der Waals surface area contributed by atoms with Crippen LogP contribution >= 0.6 is 0 Å². The van der Waals surface area contributed by atoms with Crippen molar-refractivity contribution in [3.63, 3.8) is 0 Å². The van der Waals surface area contributed by atoms with Crippen molar-refractivity contribution in [3.8, 4) is 0 Å². The van der Waals surface area contributed by atoms with Gasteiger partial charge in [-0.15, -0.1) is 0 Å². The second-order valence-corrected chi connectivity index (χ2v) is 7.39. The van der Waals surface area contributed by atoms with Crippen molar-refractivity contribution in [3.05, 3.63) is 35.2 Å². The zero-order valence-electron chi connectivity index (χ0n) is 15.8. The first-order valence-electron chi connectivity index (χ1n) is 10.1. The largest absolute Gasteiger partial charge is 0.289 e. The molecule has 0 saturated carbocycles. The average molecular weight is 351 g/mol. The van der Waals surface area contributed by atoms with Crippen LogP contribution in [0.1, 0.15) is 50.3 Å². The number of aromatic nitrogens is 1. The highest BCUT2D eigenvalue weighted by Gasteiger charge is 2.29. The molecule has 1 aromatic heterocycles. The van der Waals surface area contributed by atoms with E-state index in [1.54, 1.807) is 0 Å². The maximum Gasteiger partial charge on any atom is 0.0983 e. The predicted octanol–water partition coefficient (Wildman–Crippen LogP) is 3.23. The lowest BCUT2D eigenvalue weighted by atomic mass is 10.0. The number of pyridine rings is 1. The molecule has 1 saturated heterocycles. The molecule has 3 heterocycles. The predicted molar refractivity (Wildman–Crippen MR) is 108 cm³/mol. The van der Waals surface area contributed by atoms with Crippen LogP contribution in [0, 0.1) is 0 Å². The lowest BCUT2D eigenvalue weighted by Crippen LogP contribution is -2.27. The molecule has 0 spiro atoms. The van der Waals surface area contributed by atoms with Crippen LogP contribution in [0.15, 0.2) is 33.9 Å². The van der Waals surface area contributed by atoms with Crippen molar-refractivity contribution in [2.75, 3.05) is 39.4 Å². The van der Waals surface area contributed by atoms with Crippen LogP contribution in [0.5, 0.6) is 0 Å². The summed E-state index contributed by atoms with van der Waals surface area (Å²) in [5, 5.41) is 0. The number of rotatable bonds is 7. The van der Waals surface area contributed by atoms with Crippen LogP contribution in [0.25, 0.3) is 5.70 Å². The van der Waals surface area contributed by atoms with Gasteiger partial charge in [0.05, 0.1) is 23.8 Å². The fourth-order valence-electron chi connectivity index (χ4n) is 4.06. The first-order valence-corrected chi connectivity index (χ1v) is 10.1. The molecule has 4 rings (SSSR count). The van der Waals surface area contributed by atoms with Gasteiger partial charge in [-0.1, -0.05) is 13.3 Å². The van der Waals surface area contributed by atoms with Crippen LogP contribution < -0.4 is 0 Å². The molecule has 0 unspecified atom stereocenters. The summed E-state index contributed by atoms with van der Waals surface area (Å²) in [6, 6.07) is 4.15. The fraction of sp³-hybridized carbons (Fsp3) is 0.571. The Balaban J connectivity index is 1.34. The van der Waals surface area contributed by atoms with E-state index in [9.17, 15) is 0 Å². The Hall–Kier alpha value is -1.85. The summed E-state index contributed by atoms with van der Waals surface area (Å²) in [6.45, 7) is 9.10. The fourth-order valence-corrected chi connectivity index (χ4v) is 4.06. The molecular weight excluding hydrogens is 322 g/mol. The summed E-state index contributed by atoms with van der Waals surface area (Å²) >= 11 is 0. The Kier molecular flexibility index (Phi) is 5.56. The third-order valence-corrected chi connectivity index (χ3v) is 5.47. The minimum absolute atomic E-state index is 0.885. The molecule has 3 aliphatic rings. The zero-order valence-corrected chi connectivity index (χ0v) is 15.8. The molecule has 1 aliphatic carbocycles. The summed E-state index contributed by atoms with van der Waals surface area (Å²) in [4.78, 5) is 19.3. The number of hydrogen-bond donors (Lipinski definition) is 0. The number of nitrogens with zero attached hydrogens (tertiary/aromatic N) is 5. The maximum atomic E-state index is 4.98. The SMILES string of the molecule is CCCCN1CCN(CCCN=C2C3=C(N=CCC3)c3ncccc32)C1. The van der Waals surface area contributed by atoms with E-state index in [0.29, 0.717) is 0 Å². The van der Waals surface area contributed by atoms with E-state index >= 15 is 0 Å². The molecule has 0 atom stereocenters. The molecular formula is C21H29N5. The number of fused-ring (bicyclic) bond motifs is 2. The van der Waals surface area contributed by atoms with Crippen LogP contribution in [0.2, 0.25) is 0 Å². The van der Waals surface area contributed by atoms with Crippen molar-refractivity contribution in [1.82, 2.24) is 14.8 Å². The first-order chi connectivity index (χ1) is 12.9. The van der Waals surface area contributed by atoms with Gasteiger partial charge in [-0.25, -0.2) is 0 Å². The van der Waals surface area contributed by atoms with Gasteiger partial charge in [-0.2, -0.15) is 0 Å². The second kappa shape index (κ2) is 8.23. The summed E-state index contributed by atoms with van der Waals surface area (Å²) in [5.41, 5.74) is 5.68. The topological polar surface area (TPSA) is 44.1 Å². The van der Waals surface area contributed by atoms with Crippen LogP contribution in [0.3, 0.4) is 0 Å². The Morgan fingerprint density at radius 1 is 1.15 bits per heavy atom. The van der Waals surface area contributed by atoms with Gasteiger partial charge in [0, 0.05) is 49.7 Å². The Labute approximate surface area is 156 Å². The van der Waals surface area contributed by atoms with E-state index in [0.717, 1.165) is 56.1 Å². The molecule has 1 fully saturated rings. The lowest BCUT2D eigenvalue weighted by molar-refractivity contribution is 0.242. The lowest BCUT2D eigenvalue weighted by Gasteiger charge is -2.17. The van der Waals surface area contributed by atoms with Crippen molar-refractivity contribution < 1.29 is 0 Å². The normalized spacial score (nSPS) is 21.7. The minimum Gasteiger partial charge on any atom is -0.289 e. The second-order valence-electron chi connectivity index (χ2n) is 7.39. The third-order valence-electron chi connectivity index (χ3n) is 5.47. The standard InChI is InChI=1S/C21H29N5/c1-2-3-12-25-14-15-26(16-25)13-6-11-22-19-17-7-4-9-23-20(17)21-18(19)8-5-10-24-21/h4,7,9-10H,2-3,5-6,8,11-16H2,1H3. The monoisotopic (exact) mass is 351 g/mol. The van der Waals surface area contributed by atoms with Crippen LogP contribution in [0.4, 0.5) is 0 Å². The Bertz CT molecular complexity index is 734. The van der Waals surface area contributed by atoms with E-state index in [2.05, 4.69) is 32.8 Å². The zero-order chi connectivity index (χ0) is 17.8. The van der Waals surface area contributed by atoms with Gasteiger partial charge in [-0.05, 0) is 44.4 Å². The summed E-state index contributed by atoms with van der Waals surface area (Å²) in [5.74, 6) is 0. The number of unbranched alkanes of at least 4 members (excludes halogenated alkanes) is 1. The molecule has 0 radical (unpaired) electrons. The van der Waals surface area contributed by atoms with Gasteiger partial charge < -0.3 is 0 Å². The van der Waals surface area contributed by atoms with E-state index in [1.165, 1.54) is 43.6 Å². The van der Waals surface area contributed by atoms with Crippen molar-refractivity contribution >= 4 is 17.6 Å². The highest BCUT2D eigenvalue weighted by atomic mass is 15.4. The number of hydrogen-bond acceptors (Lipinski definition) is 5. The van der Waals surface area contributed by atoms with Gasteiger partial charge in [0.25, 0.3) is 0 Å². The first kappa shape index (κ1) is 17.6. The molecule has 5 heteroatoms. The maximum absolute atomic E-state index is 4.98. The summed E-state index contributed by atoms with van der Waals surface area (Å²) < 4.78 is 0. The van der Waals surface area contributed by atoms with Crippen molar-refractivity contribution in [2.45, 2.75) is 39.0 Å². The van der Waals surface area contributed by atoms with Gasteiger partial charge in [0.15, 0.2) is 0 Å². The molecule has 1 aromatic rings. The average Bonchev–Trinajstić information content (AvgIpc) is 3.26. The smallest absolute Gasteiger partial charge is 0.0983 e. The highest BCUT2D eigenvalue weighted by Crippen LogP contribution is 2.36. The van der Waals surface area contributed by atoms with Crippen LogP contribution in [-0.2, 0) is 0 Å². The Morgan fingerprint density at radius 2 is 2.00 bits per heavy atom. The number of allylic oxidation sites excluding steroid dienone is 1. The molecule has 5 nitrogen and oxygen atoms in total. The van der Waals surface area contributed by atoms with Gasteiger partial charge in [0.1, 0.15) is 0 Å². The highest BCUT2D eigenvalue weighted by molar-refractivity contribution is 6.23. The van der Waals surface area contributed by atoms with E-state index < -0.39 is 0 Å².